The number of hydrogen-bond donors (Lipinski definition) is 6. The SMILES string of the molecule is C[C@H](CCCNCCCCNCCCNC(=O)OC(C)(C)C)C1CC[C@H]2C3[C@H](OCCCN)CC4C[C@H](OCCCN)CC[C@]4(C)[C@H]3CC(OCCCN)[C@]12C. The molecule has 0 aromatic carbocycles. The van der Waals surface area contributed by atoms with Crippen LogP contribution < -0.4 is 33.2 Å². The van der Waals surface area contributed by atoms with E-state index in [1.165, 1.54) is 38.5 Å². The highest BCUT2D eigenvalue weighted by Crippen LogP contribution is 2.69. The van der Waals surface area contributed by atoms with Crippen LogP contribution in [0.25, 0.3) is 0 Å². The van der Waals surface area contributed by atoms with Gasteiger partial charge in [0.15, 0.2) is 0 Å². The molecule has 0 spiro atoms. The summed E-state index contributed by atoms with van der Waals surface area (Å²) in [4.78, 5) is 11.8. The number of rotatable bonds is 26. The first-order valence-corrected chi connectivity index (χ1v) is 23.2. The van der Waals surface area contributed by atoms with Crippen molar-refractivity contribution < 1.29 is 23.7 Å². The van der Waals surface area contributed by atoms with Gasteiger partial charge < -0.3 is 52.1 Å². The van der Waals surface area contributed by atoms with Crippen LogP contribution in [0.5, 0.6) is 0 Å². The number of ether oxygens (including phenoxy) is 4. The molecular formula is C45H88N6O5. The molecule has 1 amide bonds. The Hall–Kier alpha value is -1.05. The van der Waals surface area contributed by atoms with E-state index in [2.05, 4.69) is 36.7 Å². The smallest absolute Gasteiger partial charge is 0.407 e. The Labute approximate surface area is 342 Å². The molecule has 0 saturated heterocycles. The van der Waals surface area contributed by atoms with E-state index in [0.717, 1.165) is 104 Å². The molecule has 4 rings (SSSR count). The molecule has 11 nitrogen and oxygen atoms in total. The third-order valence-electron chi connectivity index (χ3n) is 14.7. The van der Waals surface area contributed by atoms with Crippen molar-refractivity contribution in [1.82, 2.24) is 16.0 Å². The molecule has 0 aliphatic heterocycles. The van der Waals surface area contributed by atoms with Gasteiger partial charge >= 0.3 is 6.09 Å². The number of carbonyl (C=O) groups is 1. The highest BCUT2D eigenvalue weighted by atomic mass is 16.6. The molecule has 0 radical (unpaired) electrons. The van der Waals surface area contributed by atoms with Crippen LogP contribution in [0.2, 0.25) is 0 Å². The predicted molar refractivity (Wildman–Crippen MR) is 228 cm³/mol. The lowest BCUT2D eigenvalue weighted by atomic mass is 9.43. The van der Waals surface area contributed by atoms with Crippen molar-refractivity contribution in [3.63, 3.8) is 0 Å². The summed E-state index contributed by atoms with van der Waals surface area (Å²) in [5.74, 6) is 3.71. The first-order valence-electron chi connectivity index (χ1n) is 23.2. The lowest BCUT2D eigenvalue weighted by Gasteiger charge is -2.65. The molecule has 4 aliphatic rings. The first-order chi connectivity index (χ1) is 26.9. The van der Waals surface area contributed by atoms with Crippen LogP contribution in [0, 0.1) is 46.3 Å². The van der Waals surface area contributed by atoms with Crippen molar-refractivity contribution in [3.05, 3.63) is 0 Å². The number of unbranched alkanes of at least 4 members (excludes halogenated alkanes) is 1. The summed E-state index contributed by atoms with van der Waals surface area (Å²) >= 11 is 0. The Morgan fingerprint density at radius 2 is 1.36 bits per heavy atom. The van der Waals surface area contributed by atoms with Gasteiger partial charge in [-0.3, -0.25) is 0 Å². The third kappa shape index (κ3) is 13.2. The van der Waals surface area contributed by atoms with E-state index in [1.807, 2.05) is 20.8 Å². The van der Waals surface area contributed by atoms with E-state index in [9.17, 15) is 4.79 Å². The van der Waals surface area contributed by atoms with Crippen molar-refractivity contribution in [2.75, 3.05) is 72.2 Å². The second-order valence-corrected chi connectivity index (χ2v) is 19.6. The van der Waals surface area contributed by atoms with Gasteiger partial charge in [0.05, 0.1) is 18.3 Å². The number of nitrogens with one attached hydrogen (secondary N) is 3. The standard InChI is InChI=1S/C45H88N6O5/c1-33(14-9-24-49-22-7-8-23-50-25-13-26-51-42(52)56-43(2,3)4)36-15-16-37-41-38(32-40(45(36,37)6)55-29-12-21-48)44(5)18-17-35(53-27-10-19-46)30-34(44)31-39(41)54-28-11-20-47/h33-41,49-50H,7-32,46-48H2,1-6H3,(H,51,52)/t33-,34?,35-,36?,37+,38+,39-,40?,41?,44+,45-/m1/s1. The van der Waals surface area contributed by atoms with Crippen LogP contribution in [0.4, 0.5) is 4.79 Å². The molecule has 9 N–H and O–H groups in total. The van der Waals surface area contributed by atoms with Crippen molar-refractivity contribution in [1.29, 1.82) is 0 Å². The summed E-state index contributed by atoms with van der Waals surface area (Å²) in [6.45, 7) is 22.5. The summed E-state index contributed by atoms with van der Waals surface area (Å²) in [5.41, 5.74) is 17.8. The summed E-state index contributed by atoms with van der Waals surface area (Å²) < 4.78 is 25.7. The lowest BCUT2D eigenvalue weighted by molar-refractivity contribution is -0.227. The van der Waals surface area contributed by atoms with Crippen molar-refractivity contribution in [2.24, 2.45) is 63.5 Å². The largest absolute Gasteiger partial charge is 0.444 e. The van der Waals surface area contributed by atoms with E-state index in [-0.39, 0.29) is 29.1 Å². The molecule has 0 aromatic rings. The normalized spacial score (nSPS) is 33.4. The molecular weight excluding hydrogens is 705 g/mol. The molecule has 328 valence electrons. The lowest BCUT2D eigenvalue weighted by Crippen LogP contribution is -2.63. The van der Waals surface area contributed by atoms with Crippen LogP contribution in [0.15, 0.2) is 0 Å². The van der Waals surface area contributed by atoms with Crippen molar-refractivity contribution in [2.45, 2.75) is 162 Å². The van der Waals surface area contributed by atoms with E-state index in [1.54, 1.807) is 0 Å². The highest BCUT2D eigenvalue weighted by molar-refractivity contribution is 5.67. The Balaban J connectivity index is 1.29. The molecule has 4 fully saturated rings. The monoisotopic (exact) mass is 793 g/mol. The molecule has 0 heterocycles. The van der Waals surface area contributed by atoms with Crippen LogP contribution >= 0.6 is 0 Å². The number of amides is 1. The summed E-state index contributed by atoms with van der Waals surface area (Å²) in [7, 11) is 0. The van der Waals surface area contributed by atoms with Gasteiger partial charge in [0.2, 0.25) is 0 Å². The van der Waals surface area contributed by atoms with Gasteiger partial charge in [-0.05, 0) is 204 Å². The third-order valence-corrected chi connectivity index (χ3v) is 14.7. The number of carbonyl (C=O) groups excluding carboxylic acids is 1. The fraction of sp³-hybridized carbons (Fsp3) is 0.978. The maximum atomic E-state index is 11.8. The number of hydrogen-bond acceptors (Lipinski definition) is 10. The van der Waals surface area contributed by atoms with Crippen LogP contribution in [-0.4, -0.2) is 102 Å². The zero-order valence-electron chi connectivity index (χ0n) is 36.9. The quantitative estimate of drug-likeness (QED) is 0.0543. The molecule has 56 heavy (non-hydrogen) atoms. The van der Waals surface area contributed by atoms with E-state index in [4.69, 9.17) is 36.1 Å². The number of nitrogens with two attached hydrogens (primary N) is 3. The Morgan fingerprint density at radius 1 is 0.732 bits per heavy atom. The highest BCUT2D eigenvalue weighted by Gasteiger charge is 2.66. The fourth-order valence-corrected chi connectivity index (χ4v) is 11.8. The Kier molecular flexibility index (Phi) is 20.1. The van der Waals surface area contributed by atoms with Gasteiger partial charge in [-0.25, -0.2) is 4.79 Å². The van der Waals surface area contributed by atoms with Gasteiger partial charge in [-0.1, -0.05) is 20.8 Å². The Morgan fingerprint density at radius 3 is 2.02 bits per heavy atom. The second kappa shape index (κ2) is 23.7. The maximum absolute atomic E-state index is 11.8. The van der Waals surface area contributed by atoms with Gasteiger partial charge in [0.1, 0.15) is 5.60 Å². The average molecular weight is 793 g/mol. The Bertz CT molecular complexity index is 1110. The molecule has 4 unspecified atom stereocenters. The first kappa shape index (κ1) is 47.6. The van der Waals surface area contributed by atoms with Crippen LogP contribution in [-0.2, 0) is 18.9 Å². The zero-order chi connectivity index (χ0) is 40.6. The molecule has 11 heteroatoms. The van der Waals surface area contributed by atoms with Crippen LogP contribution in [0.3, 0.4) is 0 Å². The molecule has 4 aliphatic carbocycles. The van der Waals surface area contributed by atoms with Gasteiger partial charge in [-0.2, -0.15) is 0 Å². The molecule has 0 bridgehead atoms. The van der Waals surface area contributed by atoms with Gasteiger partial charge in [0, 0.05) is 31.8 Å². The minimum absolute atomic E-state index is 0.141. The summed E-state index contributed by atoms with van der Waals surface area (Å²) in [5, 5.41) is 10.1. The summed E-state index contributed by atoms with van der Waals surface area (Å²) in [6, 6.07) is 0. The summed E-state index contributed by atoms with van der Waals surface area (Å²) in [6.07, 6.45) is 17.4. The zero-order valence-corrected chi connectivity index (χ0v) is 36.9. The van der Waals surface area contributed by atoms with E-state index >= 15 is 0 Å². The minimum atomic E-state index is -0.458. The maximum Gasteiger partial charge on any atom is 0.407 e. The fourth-order valence-electron chi connectivity index (χ4n) is 11.8. The number of alkyl carbamates (subject to hydrolysis) is 1. The van der Waals surface area contributed by atoms with E-state index < -0.39 is 5.60 Å². The van der Waals surface area contributed by atoms with E-state index in [0.29, 0.717) is 67.8 Å². The molecule has 11 atom stereocenters. The second-order valence-electron chi connectivity index (χ2n) is 19.6. The molecule has 0 aromatic heterocycles. The topological polar surface area (TPSA) is 168 Å². The van der Waals surface area contributed by atoms with Crippen molar-refractivity contribution in [3.8, 4) is 0 Å². The average Bonchev–Trinajstić information content (AvgIpc) is 3.51. The van der Waals surface area contributed by atoms with Gasteiger partial charge in [0.25, 0.3) is 0 Å². The molecule has 4 saturated carbocycles. The minimum Gasteiger partial charge on any atom is -0.444 e. The predicted octanol–water partition coefficient (Wildman–Crippen LogP) is 6.36. The van der Waals surface area contributed by atoms with Crippen LogP contribution in [0.1, 0.15) is 138 Å². The van der Waals surface area contributed by atoms with Gasteiger partial charge in [-0.15, -0.1) is 0 Å². The number of fused-ring (bicyclic) bond motifs is 5. The van der Waals surface area contributed by atoms with Crippen molar-refractivity contribution >= 4 is 6.09 Å².